The highest BCUT2D eigenvalue weighted by atomic mass is 32.2. The second kappa shape index (κ2) is 28.4. The third-order valence-corrected chi connectivity index (χ3v) is 15.2. The van der Waals surface area contributed by atoms with E-state index in [4.69, 9.17) is 14.6 Å². The molecule has 8 amide bonds. The third-order valence-electron chi connectivity index (χ3n) is 13.9. The summed E-state index contributed by atoms with van der Waals surface area (Å²) in [6.45, 7) is 10.2. The molecule has 4 aromatic carbocycles. The average molecular weight is 1200 g/mol. The van der Waals surface area contributed by atoms with Crippen LogP contribution in [0.5, 0.6) is 0 Å². The Morgan fingerprint density at radius 1 is 0.744 bits per heavy atom. The van der Waals surface area contributed by atoms with Crippen molar-refractivity contribution in [3.8, 4) is 0 Å². The predicted molar refractivity (Wildman–Crippen MR) is 320 cm³/mol. The number of ether oxygens (including phenoxy) is 1. The maximum Gasteiger partial charge on any atom is 0.410 e. The lowest BCUT2D eigenvalue weighted by molar-refractivity contribution is -0.172. The van der Waals surface area contributed by atoms with Crippen molar-refractivity contribution in [1.82, 2.24) is 40.1 Å². The van der Waals surface area contributed by atoms with Crippen LogP contribution < -0.4 is 31.9 Å². The van der Waals surface area contributed by atoms with Crippen molar-refractivity contribution < 1.29 is 57.1 Å². The Kier molecular flexibility index (Phi) is 20.7. The number of amides is 8. The number of benzene rings is 4. The number of hydroxylamine groups is 2. The summed E-state index contributed by atoms with van der Waals surface area (Å²) >= 11 is 1.29. The number of carbonyl (C=O) groups excluding carboxylic acids is 9. The van der Waals surface area contributed by atoms with E-state index in [2.05, 4.69) is 37.0 Å². The molecule has 2 saturated heterocycles. The molecule has 25 heteroatoms. The van der Waals surface area contributed by atoms with Crippen molar-refractivity contribution in [2.24, 2.45) is 5.92 Å². The van der Waals surface area contributed by atoms with Gasteiger partial charge in [-0.05, 0) is 130 Å². The van der Waals surface area contributed by atoms with Gasteiger partial charge >= 0.3 is 12.1 Å². The van der Waals surface area contributed by atoms with E-state index in [0.29, 0.717) is 77.1 Å². The molecule has 2 fully saturated rings. The smallest absolute Gasteiger partial charge is 0.410 e. The molecule has 23 nitrogen and oxygen atoms in total. The molecule has 8 rings (SSSR count). The molecular weight excluding hydrogens is 1130 g/mol. The summed E-state index contributed by atoms with van der Waals surface area (Å²) in [5.74, 6) is -5.60. The van der Waals surface area contributed by atoms with Gasteiger partial charge in [0, 0.05) is 83.2 Å². The van der Waals surface area contributed by atoms with Crippen LogP contribution in [0.4, 0.5) is 37.8 Å². The van der Waals surface area contributed by atoms with Gasteiger partial charge in [0.1, 0.15) is 23.7 Å². The monoisotopic (exact) mass is 1190 g/mol. The number of fused-ring (bicyclic) bond motifs is 1. The van der Waals surface area contributed by atoms with Crippen LogP contribution in [0.1, 0.15) is 108 Å². The van der Waals surface area contributed by atoms with Gasteiger partial charge in [-0.2, -0.15) is 14.0 Å². The van der Waals surface area contributed by atoms with Gasteiger partial charge in [-0.3, -0.25) is 33.6 Å². The van der Waals surface area contributed by atoms with Crippen LogP contribution in [-0.4, -0.2) is 134 Å². The first-order valence-corrected chi connectivity index (χ1v) is 28.7. The van der Waals surface area contributed by atoms with Crippen molar-refractivity contribution >= 4 is 99.4 Å². The van der Waals surface area contributed by atoms with Crippen LogP contribution in [0.3, 0.4) is 0 Å². The highest BCUT2D eigenvalue weighted by Crippen LogP contribution is 2.37. The van der Waals surface area contributed by atoms with Gasteiger partial charge in [-0.25, -0.2) is 14.6 Å². The van der Waals surface area contributed by atoms with Crippen molar-refractivity contribution in [1.29, 1.82) is 0 Å². The average Bonchev–Trinajstić information content (AvgIpc) is 1.97. The SMILES string of the molecule is CC(C)c1cnn2c(Nc3cccc(NC(=O)c4ccc(NC(=O)/C=C/CN(C)C)cc4)c3)c(F)c(SC3CCN(C(=O)OCc4ccc(NC(=O)[C@H](C)NC(=O)[C@@H](NC(=O)c5ccc(C(=O)ON6C(=O)CCC6=O)cc5)C(C)C)cc4)CC3)nc12. The topological polar surface area (TPSA) is 284 Å². The molecule has 0 bridgehead atoms. The van der Waals surface area contributed by atoms with E-state index in [-0.39, 0.29) is 64.4 Å². The van der Waals surface area contributed by atoms with Gasteiger partial charge in [0.15, 0.2) is 17.3 Å². The molecule has 2 aliphatic heterocycles. The van der Waals surface area contributed by atoms with Crippen LogP contribution in [0.15, 0.2) is 120 Å². The van der Waals surface area contributed by atoms with Crippen molar-refractivity contribution in [2.75, 3.05) is 55.0 Å². The number of anilines is 5. The Morgan fingerprint density at radius 2 is 1.36 bits per heavy atom. The molecule has 0 saturated carbocycles. The fraction of sp³-hybridized carbons (Fsp3) is 0.328. The number of imide groups is 1. The number of rotatable bonds is 22. The van der Waals surface area contributed by atoms with E-state index in [1.165, 1.54) is 53.5 Å². The number of likely N-dealkylation sites (tertiary alicyclic amines) is 1. The van der Waals surface area contributed by atoms with Crippen LogP contribution in [0.25, 0.3) is 5.65 Å². The Balaban J connectivity index is 0.792. The van der Waals surface area contributed by atoms with E-state index < -0.39 is 65.4 Å². The Hall–Kier alpha value is -9.49. The number of likely N-dealkylation sites (N-methyl/N-ethyl adjacent to an activating group) is 1. The summed E-state index contributed by atoms with van der Waals surface area (Å²) in [5.41, 5.74) is 4.29. The zero-order valence-electron chi connectivity index (χ0n) is 48.5. The Labute approximate surface area is 499 Å². The first kappa shape index (κ1) is 62.6. The number of halogens is 1. The lowest BCUT2D eigenvalue weighted by atomic mass is 10.0. The summed E-state index contributed by atoms with van der Waals surface area (Å²) < 4.78 is 23.9. The standard InChI is InChI=1S/C61H67FN12O11S/c1-35(2)47-33-63-73-53(47)70-59(51(62)54(73)66-44-10-8-11-45(32-44)68-56(79)40-19-23-42(24-20-40)65-48(75)12-9-29-71(6)7)86-46-27-30-72(31-28-46)61(83)84-34-38-13-21-43(22-14-38)67-55(78)37(5)64-58(81)52(36(3)4)69-57(80)39-15-17-41(18-16-39)60(82)85-74-49(76)25-26-50(74)77/h8-24,32-33,35-37,46,52,66H,25-31,34H2,1-7H3,(H,64,81)(H,65,75)(H,67,78)(H,68,79)(H,69,80)/b12-9+/t37-,52-/m0/s1. The molecule has 2 atom stereocenters. The highest BCUT2D eigenvalue weighted by Gasteiger charge is 2.34. The van der Waals surface area contributed by atoms with Crippen LogP contribution in [0.2, 0.25) is 0 Å². The van der Waals surface area contributed by atoms with Gasteiger partial charge in [0.05, 0.1) is 11.8 Å². The maximum absolute atomic E-state index is 16.8. The second-order valence-corrected chi connectivity index (χ2v) is 22.8. The van der Waals surface area contributed by atoms with Gasteiger partial charge in [0.25, 0.3) is 23.6 Å². The first-order valence-electron chi connectivity index (χ1n) is 27.9. The van der Waals surface area contributed by atoms with E-state index >= 15 is 4.39 Å². The Bertz CT molecular complexity index is 3530. The van der Waals surface area contributed by atoms with Crippen molar-refractivity contribution in [3.05, 3.63) is 149 Å². The van der Waals surface area contributed by atoms with Gasteiger partial charge < -0.3 is 51.3 Å². The van der Waals surface area contributed by atoms with E-state index in [1.54, 1.807) is 104 Å². The number of hydrogen-bond donors (Lipinski definition) is 6. The number of nitrogens with one attached hydrogen (secondary N) is 6. The van der Waals surface area contributed by atoms with Gasteiger partial charge in [-0.15, -0.1) is 5.06 Å². The van der Waals surface area contributed by atoms with Crippen molar-refractivity contribution in [3.63, 3.8) is 0 Å². The largest absolute Gasteiger partial charge is 0.445 e. The summed E-state index contributed by atoms with van der Waals surface area (Å²) in [6, 6.07) is 23.1. The molecule has 6 aromatic rings. The number of piperidine rings is 1. The number of thioether (sulfide) groups is 1. The normalized spacial score (nSPS) is 14.4. The minimum Gasteiger partial charge on any atom is -0.445 e. The van der Waals surface area contributed by atoms with Gasteiger partial charge in [-0.1, -0.05) is 63.7 Å². The molecule has 450 valence electrons. The minimum atomic E-state index is -1.05. The third kappa shape index (κ3) is 16.2. The van der Waals surface area contributed by atoms with Crippen LogP contribution in [0, 0.1) is 11.7 Å². The molecule has 2 aromatic heterocycles. The number of nitrogens with zero attached hydrogens (tertiary/aromatic N) is 6. The summed E-state index contributed by atoms with van der Waals surface area (Å²) in [7, 11) is 3.80. The lowest BCUT2D eigenvalue weighted by Gasteiger charge is -2.31. The number of aromatic nitrogens is 3. The molecular formula is C61H67FN12O11S. The molecule has 0 radical (unpaired) electrons. The fourth-order valence-corrected chi connectivity index (χ4v) is 10.1. The number of carbonyl (C=O) groups is 9. The molecule has 0 unspecified atom stereocenters. The first-order chi connectivity index (χ1) is 41.1. The van der Waals surface area contributed by atoms with Crippen LogP contribution in [-0.2, 0) is 40.2 Å². The number of hydrogen-bond acceptors (Lipinski definition) is 16. The zero-order chi connectivity index (χ0) is 61.8. The molecule has 0 aliphatic carbocycles. The van der Waals surface area contributed by atoms with Crippen molar-refractivity contribution in [2.45, 2.75) is 95.2 Å². The highest BCUT2D eigenvalue weighted by molar-refractivity contribution is 7.99. The molecule has 0 spiro atoms. The molecule has 6 N–H and O–H groups in total. The second-order valence-electron chi connectivity index (χ2n) is 21.5. The summed E-state index contributed by atoms with van der Waals surface area (Å²) in [6.07, 6.45) is 5.30. The fourth-order valence-electron chi connectivity index (χ4n) is 9.00. The molecule has 4 heterocycles. The summed E-state index contributed by atoms with van der Waals surface area (Å²) in [4.78, 5) is 128. The van der Waals surface area contributed by atoms with Gasteiger partial charge in [0.2, 0.25) is 17.7 Å². The summed E-state index contributed by atoms with van der Waals surface area (Å²) in [5, 5.41) is 21.9. The Morgan fingerprint density at radius 3 is 2.01 bits per heavy atom. The maximum atomic E-state index is 16.8. The quantitative estimate of drug-likeness (QED) is 0.0213. The van der Waals surface area contributed by atoms with E-state index in [1.807, 2.05) is 32.8 Å². The van der Waals surface area contributed by atoms with E-state index in [9.17, 15) is 43.2 Å². The molecule has 2 aliphatic rings. The zero-order valence-corrected chi connectivity index (χ0v) is 49.3. The van der Waals surface area contributed by atoms with E-state index in [0.717, 1.165) is 5.56 Å². The van der Waals surface area contributed by atoms with Crippen LogP contribution >= 0.6 is 11.8 Å². The molecule has 86 heavy (non-hydrogen) atoms. The predicted octanol–water partition coefficient (Wildman–Crippen LogP) is 8.06. The minimum absolute atomic E-state index is 0.0151. The lowest BCUT2D eigenvalue weighted by Crippen LogP contribution is -2.53.